The van der Waals surface area contributed by atoms with Gasteiger partial charge in [-0.3, -0.25) is 4.79 Å². The second kappa shape index (κ2) is 7.81. The number of esters is 1. The van der Waals surface area contributed by atoms with E-state index in [1.165, 1.54) is 7.11 Å². The van der Waals surface area contributed by atoms with E-state index in [1.54, 1.807) is 6.21 Å². The van der Waals surface area contributed by atoms with Crippen LogP contribution in [0.3, 0.4) is 0 Å². The molecule has 114 valence electrons. The first-order valence-electron chi connectivity index (χ1n) is 7.56. The Morgan fingerprint density at radius 2 is 1.86 bits per heavy atom. The molecule has 0 atom stereocenters. The predicted octanol–water partition coefficient (Wildman–Crippen LogP) is 3.70. The summed E-state index contributed by atoms with van der Waals surface area (Å²) in [7, 11) is 1.44. The van der Waals surface area contributed by atoms with Crippen molar-refractivity contribution in [3.05, 3.63) is 35.9 Å². The van der Waals surface area contributed by atoms with E-state index in [0.29, 0.717) is 6.61 Å². The minimum Gasteiger partial charge on any atom is -0.468 e. The third kappa shape index (κ3) is 4.31. The zero-order valence-corrected chi connectivity index (χ0v) is 12.6. The SMILES string of the molecule is COC(=O)C1(/C=N/OCc2ccccc2)CCCCCC1. The molecule has 21 heavy (non-hydrogen) atoms. The summed E-state index contributed by atoms with van der Waals surface area (Å²) in [5.74, 6) is -0.198. The molecule has 4 heteroatoms. The van der Waals surface area contributed by atoms with Crippen LogP contribution in [0.25, 0.3) is 0 Å². The summed E-state index contributed by atoms with van der Waals surface area (Å²) in [5, 5.41) is 4.05. The first-order valence-corrected chi connectivity index (χ1v) is 7.56. The van der Waals surface area contributed by atoms with Crippen molar-refractivity contribution >= 4 is 12.2 Å². The summed E-state index contributed by atoms with van der Waals surface area (Å²) in [4.78, 5) is 17.5. The number of benzene rings is 1. The highest BCUT2D eigenvalue weighted by molar-refractivity contribution is 5.94. The summed E-state index contributed by atoms with van der Waals surface area (Å²) in [6.07, 6.45) is 7.62. The van der Waals surface area contributed by atoms with E-state index in [0.717, 1.165) is 44.1 Å². The van der Waals surface area contributed by atoms with Crippen LogP contribution in [-0.2, 0) is 21.0 Å². The van der Waals surface area contributed by atoms with E-state index < -0.39 is 5.41 Å². The number of rotatable bonds is 5. The first-order chi connectivity index (χ1) is 10.3. The third-order valence-electron chi connectivity index (χ3n) is 4.04. The molecule has 0 bridgehead atoms. The van der Waals surface area contributed by atoms with E-state index >= 15 is 0 Å². The predicted molar refractivity (Wildman–Crippen MR) is 81.9 cm³/mol. The standard InChI is InChI=1S/C17H23NO3/c1-20-16(19)17(11-7-2-3-8-12-17)14-18-21-13-15-9-5-4-6-10-15/h4-6,9-10,14H,2-3,7-8,11-13H2,1H3/b18-14+. The molecule has 1 aliphatic carbocycles. The molecule has 0 radical (unpaired) electrons. The first kappa shape index (κ1) is 15.5. The molecule has 0 aliphatic heterocycles. The Hall–Kier alpha value is -1.84. The molecule has 0 N–H and O–H groups in total. The van der Waals surface area contributed by atoms with Crippen LogP contribution in [0.15, 0.2) is 35.5 Å². The zero-order chi connectivity index (χ0) is 15.0. The fourth-order valence-corrected chi connectivity index (χ4v) is 2.77. The maximum absolute atomic E-state index is 12.1. The van der Waals surface area contributed by atoms with Crippen LogP contribution >= 0.6 is 0 Å². The molecule has 1 fully saturated rings. The Morgan fingerprint density at radius 1 is 1.19 bits per heavy atom. The van der Waals surface area contributed by atoms with Crippen LogP contribution in [0.5, 0.6) is 0 Å². The van der Waals surface area contributed by atoms with Crippen molar-refractivity contribution in [2.75, 3.05) is 7.11 Å². The number of hydrogen-bond acceptors (Lipinski definition) is 4. The van der Waals surface area contributed by atoms with Crippen LogP contribution < -0.4 is 0 Å². The van der Waals surface area contributed by atoms with Crippen molar-refractivity contribution in [3.8, 4) is 0 Å². The normalized spacial score (nSPS) is 18.1. The summed E-state index contributed by atoms with van der Waals surface area (Å²) in [6.45, 7) is 0.411. The number of ether oxygens (including phenoxy) is 1. The maximum atomic E-state index is 12.1. The molecule has 0 spiro atoms. The van der Waals surface area contributed by atoms with Crippen molar-refractivity contribution in [1.82, 2.24) is 0 Å². The molecule has 0 saturated heterocycles. The lowest BCUT2D eigenvalue weighted by Crippen LogP contribution is -2.33. The van der Waals surface area contributed by atoms with Gasteiger partial charge < -0.3 is 9.57 Å². The van der Waals surface area contributed by atoms with E-state index in [-0.39, 0.29) is 5.97 Å². The number of carbonyl (C=O) groups is 1. The van der Waals surface area contributed by atoms with Gasteiger partial charge in [0.1, 0.15) is 12.0 Å². The van der Waals surface area contributed by atoms with Crippen LogP contribution in [0.1, 0.15) is 44.1 Å². The number of nitrogens with zero attached hydrogens (tertiary/aromatic N) is 1. The van der Waals surface area contributed by atoms with Gasteiger partial charge in [-0.05, 0) is 18.4 Å². The molecular formula is C17H23NO3. The quantitative estimate of drug-likeness (QED) is 0.359. The van der Waals surface area contributed by atoms with Crippen LogP contribution in [0.4, 0.5) is 0 Å². The lowest BCUT2D eigenvalue weighted by atomic mass is 9.82. The summed E-state index contributed by atoms with van der Waals surface area (Å²) in [5.41, 5.74) is 0.449. The van der Waals surface area contributed by atoms with E-state index in [4.69, 9.17) is 9.57 Å². The Bertz CT molecular complexity index is 462. The molecule has 2 rings (SSSR count). The number of carbonyl (C=O) groups excluding carboxylic acids is 1. The van der Waals surface area contributed by atoms with Gasteiger partial charge in [0.05, 0.1) is 13.3 Å². The zero-order valence-electron chi connectivity index (χ0n) is 12.6. The molecular weight excluding hydrogens is 266 g/mol. The maximum Gasteiger partial charge on any atom is 0.317 e. The highest BCUT2D eigenvalue weighted by Crippen LogP contribution is 2.34. The van der Waals surface area contributed by atoms with Crippen molar-refractivity contribution in [2.45, 2.75) is 45.1 Å². The van der Waals surface area contributed by atoms with Crippen molar-refractivity contribution < 1.29 is 14.4 Å². The van der Waals surface area contributed by atoms with Gasteiger partial charge in [-0.15, -0.1) is 0 Å². The topological polar surface area (TPSA) is 47.9 Å². The molecule has 0 aromatic heterocycles. The fourth-order valence-electron chi connectivity index (χ4n) is 2.77. The second-order valence-corrected chi connectivity index (χ2v) is 5.56. The Kier molecular flexibility index (Phi) is 5.78. The minimum atomic E-state index is -0.609. The molecule has 1 aromatic rings. The lowest BCUT2D eigenvalue weighted by molar-refractivity contribution is -0.149. The van der Waals surface area contributed by atoms with Crippen LogP contribution in [0.2, 0.25) is 0 Å². The van der Waals surface area contributed by atoms with Gasteiger partial charge in [-0.1, -0.05) is 61.2 Å². The van der Waals surface area contributed by atoms with E-state index in [1.807, 2.05) is 30.3 Å². The highest BCUT2D eigenvalue weighted by atomic mass is 16.6. The average molecular weight is 289 g/mol. The van der Waals surface area contributed by atoms with Gasteiger partial charge in [0.25, 0.3) is 0 Å². The number of hydrogen-bond donors (Lipinski definition) is 0. The van der Waals surface area contributed by atoms with Crippen molar-refractivity contribution in [1.29, 1.82) is 0 Å². The third-order valence-corrected chi connectivity index (χ3v) is 4.04. The van der Waals surface area contributed by atoms with Gasteiger partial charge in [-0.2, -0.15) is 0 Å². The number of oxime groups is 1. The Balaban J connectivity index is 1.97. The Morgan fingerprint density at radius 3 is 2.48 bits per heavy atom. The minimum absolute atomic E-state index is 0.198. The van der Waals surface area contributed by atoms with Crippen LogP contribution in [0, 0.1) is 5.41 Å². The fraction of sp³-hybridized carbons (Fsp3) is 0.529. The molecule has 0 amide bonds. The summed E-state index contributed by atoms with van der Waals surface area (Å²) >= 11 is 0. The van der Waals surface area contributed by atoms with E-state index in [9.17, 15) is 4.79 Å². The average Bonchev–Trinajstić information content (AvgIpc) is 2.78. The molecule has 0 unspecified atom stereocenters. The highest BCUT2D eigenvalue weighted by Gasteiger charge is 2.38. The van der Waals surface area contributed by atoms with Gasteiger partial charge in [-0.25, -0.2) is 0 Å². The molecule has 0 heterocycles. The largest absolute Gasteiger partial charge is 0.468 e. The smallest absolute Gasteiger partial charge is 0.317 e. The van der Waals surface area contributed by atoms with Crippen LogP contribution in [-0.4, -0.2) is 19.3 Å². The second-order valence-electron chi connectivity index (χ2n) is 5.56. The monoisotopic (exact) mass is 289 g/mol. The van der Waals surface area contributed by atoms with E-state index in [2.05, 4.69) is 5.16 Å². The van der Waals surface area contributed by atoms with Crippen molar-refractivity contribution in [2.24, 2.45) is 10.6 Å². The molecule has 1 saturated carbocycles. The summed E-state index contributed by atoms with van der Waals surface area (Å²) in [6, 6.07) is 9.85. The van der Waals surface area contributed by atoms with Gasteiger partial charge in [0.15, 0.2) is 0 Å². The van der Waals surface area contributed by atoms with Crippen molar-refractivity contribution in [3.63, 3.8) is 0 Å². The molecule has 1 aromatic carbocycles. The Labute approximate surface area is 126 Å². The van der Waals surface area contributed by atoms with Gasteiger partial charge in [0, 0.05) is 0 Å². The summed E-state index contributed by atoms with van der Waals surface area (Å²) < 4.78 is 4.98. The van der Waals surface area contributed by atoms with Gasteiger partial charge >= 0.3 is 5.97 Å². The molecule has 4 nitrogen and oxygen atoms in total. The number of methoxy groups -OCH3 is 1. The lowest BCUT2D eigenvalue weighted by Gasteiger charge is -2.24. The van der Waals surface area contributed by atoms with Gasteiger partial charge in [0.2, 0.25) is 0 Å². The molecule has 1 aliphatic rings.